The monoisotopic (exact) mass is 281 g/mol. The Morgan fingerprint density at radius 3 is 2.75 bits per heavy atom. The van der Waals surface area contributed by atoms with Crippen LogP contribution in [0.2, 0.25) is 0 Å². The lowest BCUT2D eigenvalue weighted by Gasteiger charge is -2.25. The lowest BCUT2D eigenvalue weighted by molar-refractivity contribution is 0.0700. The summed E-state index contributed by atoms with van der Waals surface area (Å²) in [5, 5.41) is 0. The number of hydrogen-bond acceptors (Lipinski definition) is 2. The molecular weight excluding hydrogens is 264 g/mol. The highest BCUT2D eigenvalue weighted by Gasteiger charge is 2.36. The third-order valence-electron chi connectivity index (χ3n) is 3.91. The fourth-order valence-electron chi connectivity index (χ4n) is 2.61. The predicted octanol–water partition coefficient (Wildman–Crippen LogP) is 2.61. The van der Waals surface area contributed by atoms with Crippen LogP contribution in [0, 0.1) is 17.6 Å². The second-order valence-corrected chi connectivity index (χ2v) is 5.52. The minimum Gasteiger partial charge on any atom is -0.381 e. The molecule has 1 saturated heterocycles. The molecule has 1 aromatic carbocycles. The van der Waals surface area contributed by atoms with Crippen LogP contribution in [0.5, 0.6) is 0 Å². The van der Waals surface area contributed by atoms with E-state index in [1.165, 1.54) is 12.1 Å². The quantitative estimate of drug-likeness (QED) is 0.849. The molecule has 0 radical (unpaired) electrons. The van der Waals surface area contributed by atoms with E-state index in [9.17, 15) is 13.6 Å². The van der Waals surface area contributed by atoms with E-state index in [0.717, 1.165) is 25.3 Å². The molecule has 2 aliphatic rings. The van der Waals surface area contributed by atoms with Crippen molar-refractivity contribution in [2.45, 2.75) is 25.3 Å². The van der Waals surface area contributed by atoms with E-state index >= 15 is 0 Å². The van der Waals surface area contributed by atoms with Gasteiger partial charge >= 0.3 is 0 Å². The van der Waals surface area contributed by atoms with Crippen LogP contribution in [0.3, 0.4) is 0 Å². The van der Waals surface area contributed by atoms with Crippen LogP contribution in [0.25, 0.3) is 0 Å². The molecule has 108 valence electrons. The fourth-order valence-corrected chi connectivity index (χ4v) is 2.61. The van der Waals surface area contributed by atoms with Gasteiger partial charge in [-0.25, -0.2) is 8.78 Å². The van der Waals surface area contributed by atoms with Gasteiger partial charge in [0.1, 0.15) is 0 Å². The second kappa shape index (κ2) is 5.48. The summed E-state index contributed by atoms with van der Waals surface area (Å²) in [5.41, 5.74) is -0.171. The number of ether oxygens (including phenoxy) is 1. The topological polar surface area (TPSA) is 29.5 Å². The number of nitrogens with zero attached hydrogens (tertiary/aromatic N) is 1. The van der Waals surface area contributed by atoms with Crippen LogP contribution < -0.4 is 0 Å². The smallest absolute Gasteiger partial charge is 0.257 e. The minimum atomic E-state index is -1.05. The number of halogens is 2. The van der Waals surface area contributed by atoms with Crippen molar-refractivity contribution in [2.24, 2.45) is 5.92 Å². The largest absolute Gasteiger partial charge is 0.381 e. The van der Waals surface area contributed by atoms with E-state index in [4.69, 9.17) is 4.74 Å². The van der Waals surface area contributed by atoms with Crippen LogP contribution in [0.15, 0.2) is 18.2 Å². The van der Waals surface area contributed by atoms with E-state index in [-0.39, 0.29) is 11.6 Å². The van der Waals surface area contributed by atoms with Crippen LogP contribution in [-0.4, -0.2) is 36.6 Å². The molecule has 1 saturated carbocycles. The van der Waals surface area contributed by atoms with Gasteiger partial charge in [-0.3, -0.25) is 4.79 Å². The second-order valence-electron chi connectivity index (χ2n) is 5.52. The van der Waals surface area contributed by atoms with Crippen molar-refractivity contribution in [3.05, 3.63) is 35.4 Å². The third kappa shape index (κ3) is 2.68. The molecule has 1 heterocycles. The standard InChI is InChI=1S/C15H17F2NO2/c16-13-3-1-2-12(14(13)17)15(19)18(11-4-5-11)8-10-6-7-20-9-10/h1-3,10-11H,4-9H2. The Morgan fingerprint density at radius 2 is 2.10 bits per heavy atom. The summed E-state index contributed by atoms with van der Waals surface area (Å²) in [6.07, 6.45) is 2.80. The molecule has 2 fully saturated rings. The highest BCUT2D eigenvalue weighted by molar-refractivity contribution is 5.95. The maximum atomic E-state index is 13.8. The molecule has 5 heteroatoms. The fraction of sp³-hybridized carbons (Fsp3) is 0.533. The first-order valence-corrected chi connectivity index (χ1v) is 6.99. The Kier molecular flexibility index (Phi) is 3.70. The van der Waals surface area contributed by atoms with Crippen LogP contribution in [0.4, 0.5) is 8.78 Å². The molecular formula is C15H17F2NO2. The highest BCUT2D eigenvalue weighted by atomic mass is 19.2. The first-order valence-electron chi connectivity index (χ1n) is 6.99. The lowest BCUT2D eigenvalue weighted by Crippen LogP contribution is -2.38. The number of benzene rings is 1. The highest BCUT2D eigenvalue weighted by Crippen LogP contribution is 2.31. The summed E-state index contributed by atoms with van der Waals surface area (Å²) in [6, 6.07) is 3.92. The first kappa shape index (κ1) is 13.5. The molecule has 1 aromatic rings. The summed E-state index contributed by atoms with van der Waals surface area (Å²) < 4.78 is 32.3. The zero-order valence-corrected chi connectivity index (χ0v) is 11.1. The van der Waals surface area contributed by atoms with E-state index in [1.807, 2.05) is 0 Å². The van der Waals surface area contributed by atoms with E-state index in [0.29, 0.717) is 25.7 Å². The normalized spacial score (nSPS) is 22.0. The molecule has 20 heavy (non-hydrogen) atoms. The Hall–Kier alpha value is -1.49. The van der Waals surface area contributed by atoms with E-state index in [1.54, 1.807) is 4.90 Å². The van der Waals surface area contributed by atoms with Crippen molar-refractivity contribution in [1.82, 2.24) is 4.90 Å². The van der Waals surface area contributed by atoms with Crippen LogP contribution in [-0.2, 0) is 4.74 Å². The molecule has 0 aromatic heterocycles. The molecule has 3 nitrogen and oxygen atoms in total. The van der Waals surface area contributed by atoms with E-state index in [2.05, 4.69) is 0 Å². The maximum Gasteiger partial charge on any atom is 0.257 e. The number of hydrogen-bond donors (Lipinski definition) is 0. The molecule has 1 amide bonds. The minimum absolute atomic E-state index is 0.171. The van der Waals surface area contributed by atoms with Gasteiger partial charge < -0.3 is 9.64 Å². The molecule has 1 aliphatic carbocycles. The van der Waals surface area contributed by atoms with Gasteiger partial charge in [-0.15, -0.1) is 0 Å². The van der Waals surface area contributed by atoms with Gasteiger partial charge in [0.15, 0.2) is 11.6 Å². The molecule has 1 unspecified atom stereocenters. The molecule has 3 rings (SSSR count). The Labute approximate surface area is 116 Å². The van der Waals surface area contributed by atoms with Crippen LogP contribution >= 0.6 is 0 Å². The first-order chi connectivity index (χ1) is 9.66. The molecule has 1 atom stereocenters. The van der Waals surface area contributed by atoms with Crippen LogP contribution in [0.1, 0.15) is 29.6 Å². The Morgan fingerprint density at radius 1 is 1.30 bits per heavy atom. The van der Waals surface area contributed by atoms with Crippen molar-refractivity contribution in [3.8, 4) is 0 Å². The SMILES string of the molecule is O=C(c1cccc(F)c1F)N(CC1CCOC1)C1CC1. The predicted molar refractivity (Wildman–Crippen MR) is 69.3 cm³/mol. The summed E-state index contributed by atoms with van der Waals surface area (Å²) in [6.45, 7) is 1.92. The van der Waals surface area contributed by atoms with Gasteiger partial charge in [0.2, 0.25) is 0 Å². The Bertz CT molecular complexity index is 511. The van der Waals surface area contributed by atoms with Gasteiger partial charge in [-0.05, 0) is 31.4 Å². The average molecular weight is 281 g/mol. The maximum absolute atomic E-state index is 13.8. The van der Waals surface area contributed by atoms with Gasteiger partial charge in [-0.2, -0.15) is 0 Å². The lowest BCUT2D eigenvalue weighted by atomic mass is 10.1. The van der Waals surface area contributed by atoms with Gasteiger partial charge in [0.05, 0.1) is 12.2 Å². The molecule has 0 spiro atoms. The molecule has 0 bridgehead atoms. The summed E-state index contributed by atoms with van der Waals surface area (Å²) in [5.74, 6) is -2.13. The van der Waals surface area contributed by atoms with Crippen molar-refractivity contribution >= 4 is 5.91 Å². The third-order valence-corrected chi connectivity index (χ3v) is 3.91. The average Bonchev–Trinajstić information content (AvgIpc) is 3.15. The van der Waals surface area contributed by atoms with Gasteiger partial charge in [0, 0.05) is 25.1 Å². The molecule has 0 N–H and O–H groups in total. The summed E-state index contributed by atoms with van der Waals surface area (Å²) >= 11 is 0. The molecule has 1 aliphatic heterocycles. The van der Waals surface area contributed by atoms with Gasteiger partial charge in [0.25, 0.3) is 5.91 Å². The van der Waals surface area contributed by atoms with Crippen molar-refractivity contribution in [3.63, 3.8) is 0 Å². The van der Waals surface area contributed by atoms with E-state index < -0.39 is 17.5 Å². The zero-order valence-electron chi connectivity index (χ0n) is 11.1. The summed E-state index contributed by atoms with van der Waals surface area (Å²) in [4.78, 5) is 14.2. The Balaban J connectivity index is 1.79. The van der Waals surface area contributed by atoms with Gasteiger partial charge in [-0.1, -0.05) is 6.07 Å². The van der Waals surface area contributed by atoms with Crippen molar-refractivity contribution < 1.29 is 18.3 Å². The van der Waals surface area contributed by atoms with Crippen molar-refractivity contribution in [2.75, 3.05) is 19.8 Å². The number of carbonyl (C=O) groups excluding carboxylic acids is 1. The summed E-state index contributed by atoms with van der Waals surface area (Å²) in [7, 11) is 0. The number of amides is 1. The zero-order chi connectivity index (χ0) is 14.1. The number of rotatable bonds is 4. The van der Waals surface area contributed by atoms with Crippen molar-refractivity contribution in [1.29, 1.82) is 0 Å². The number of carbonyl (C=O) groups is 1.